The predicted molar refractivity (Wildman–Crippen MR) is 127 cm³/mol. The van der Waals surface area contributed by atoms with Crippen LogP contribution < -0.4 is 5.32 Å². The smallest absolute Gasteiger partial charge is 0.256 e. The number of aryl methyl sites for hydroxylation is 2. The van der Waals surface area contributed by atoms with Gasteiger partial charge in [0.05, 0.1) is 25.4 Å². The number of hydrogen-bond acceptors (Lipinski definition) is 4. The molecular formula is C26H31N3O4. The SMILES string of the molecule is O=C(NCCO)c1ccc(CCCCn2cc(C(=O)N3CCOCC3)c3ccccc32)cc1. The second-order valence-corrected chi connectivity index (χ2v) is 8.29. The van der Waals surface area contributed by atoms with Crippen molar-refractivity contribution in [1.82, 2.24) is 14.8 Å². The number of hydrogen-bond donors (Lipinski definition) is 2. The number of carbonyl (C=O) groups is 2. The van der Waals surface area contributed by atoms with Crippen molar-refractivity contribution >= 4 is 22.7 Å². The quantitative estimate of drug-likeness (QED) is 0.492. The van der Waals surface area contributed by atoms with E-state index in [1.54, 1.807) is 0 Å². The average molecular weight is 450 g/mol. The zero-order chi connectivity index (χ0) is 23.0. The van der Waals surface area contributed by atoms with Gasteiger partial charge in [-0.1, -0.05) is 30.3 Å². The molecule has 1 aliphatic heterocycles. The molecule has 0 radical (unpaired) electrons. The summed E-state index contributed by atoms with van der Waals surface area (Å²) in [5.74, 6) is -0.0890. The molecule has 7 nitrogen and oxygen atoms in total. The maximum atomic E-state index is 13.1. The number of fused-ring (bicyclic) bond motifs is 1. The second-order valence-electron chi connectivity index (χ2n) is 8.29. The molecule has 4 rings (SSSR count). The summed E-state index contributed by atoms with van der Waals surface area (Å²) >= 11 is 0. The van der Waals surface area contributed by atoms with Crippen LogP contribution in [0.5, 0.6) is 0 Å². The first kappa shape index (κ1) is 23.0. The number of ether oxygens (including phenoxy) is 1. The molecule has 7 heteroatoms. The van der Waals surface area contributed by atoms with E-state index in [0.29, 0.717) is 31.9 Å². The lowest BCUT2D eigenvalue weighted by molar-refractivity contribution is 0.0304. The predicted octanol–water partition coefficient (Wildman–Crippen LogP) is 2.86. The van der Waals surface area contributed by atoms with Crippen molar-refractivity contribution < 1.29 is 19.4 Å². The molecule has 2 heterocycles. The van der Waals surface area contributed by atoms with Crippen molar-refractivity contribution in [3.63, 3.8) is 0 Å². The van der Waals surface area contributed by atoms with E-state index >= 15 is 0 Å². The van der Waals surface area contributed by atoms with Crippen molar-refractivity contribution in [3.8, 4) is 0 Å². The van der Waals surface area contributed by atoms with Gasteiger partial charge in [-0.3, -0.25) is 9.59 Å². The summed E-state index contributed by atoms with van der Waals surface area (Å²) in [7, 11) is 0. The molecule has 2 N–H and O–H groups in total. The van der Waals surface area contributed by atoms with Crippen molar-refractivity contribution in [2.75, 3.05) is 39.5 Å². The number of nitrogens with one attached hydrogen (secondary N) is 1. The summed E-state index contributed by atoms with van der Waals surface area (Å²) in [5.41, 5.74) is 3.65. The highest BCUT2D eigenvalue weighted by molar-refractivity contribution is 6.07. The molecule has 1 aliphatic rings. The summed E-state index contributed by atoms with van der Waals surface area (Å²) in [6, 6.07) is 15.7. The van der Waals surface area contributed by atoms with E-state index in [1.807, 2.05) is 53.6 Å². The van der Waals surface area contributed by atoms with Gasteiger partial charge in [0.2, 0.25) is 0 Å². The Hall–Kier alpha value is -3.16. The van der Waals surface area contributed by atoms with E-state index in [-0.39, 0.29) is 25.0 Å². The Bertz CT molecular complexity index is 1080. The van der Waals surface area contributed by atoms with E-state index in [9.17, 15) is 9.59 Å². The molecule has 0 unspecified atom stereocenters. The van der Waals surface area contributed by atoms with Crippen molar-refractivity contribution in [2.24, 2.45) is 0 Å². The van der Waals surface area contributed by atoms with Gasteiger partial charge < -0.3 is 24.6 Å². The van der Waals surface area contributed by atoms with Crippen molar-refractivity contribution in [2.45, 2.75) is 25.8 Å². The average Bonchev–Trinajstić information content (AvgIpc) is 3.24. The maximum absolute atomic E-state index is 13.1. The summed E-state index contributed by atoms with van der Waals surface area (Å²) < 4.78 is 7.58. The van der Waals surface area contributed by atoms with Gasteiger partial charge in [-0.15, -0.1) is 0 Å². The number of para-hydroxylation sites is 1. The molecule has 0 saturated carbocycles. The van der Waals surface area contributed by atoms with E-state index in [1.165, 1.54) is 5.56 Å². The molecule has 0 spiro atoms. The third-order valence-corrected chi connectivity index (χ3v) is 6.05. The standard InChI is InChI=1S/C26H31N3O4/c30-16-12-27-25(31)21-10-8-20(9-11-21)5-3-4-13-29-19-23(22-6-1-2-7-24(22)29)26(32)28-14-17-33-18-15-28/h1-2,6-11,19,30H,3-5,12-18H2,(H,27,31). The van der Waals surface area contributed by atoms with Crippen LogP contribution in [0.2, 0.25) is 0 Å². The minimum absolute atomic E-state index is 0.0661. The number of aliphatic hydroxyl groups excluding tert-OH is 1. The van der Waals surface area contributed by atoms with Crippen LogP contribution in [0.25, 0.3) is 10.9 Å². The van der Waals surface area contributed by atoms with Crippen LogP contribution in [0.4, 0.5) is 0 Å². The number of benzene rings is 2. The summed E-state index contributed by atoms with van der Waals surface area (Å²) in [6.45, 7) is 3.51. The Morgan fingerprint density at radius 2 is 1.76 bits per heavy atom. The molecule has 2 aromatic carbocycles. The summed E-state index contributed by atoms with van der Waals surface area (Å²) in [6.07, 6.45) is 4.93. The highest BCUT2D eigenvalue weighted by Crippen LogP contribution is 2.24. The summed E-state index contributed by atoms with van der Waals surface area (Å²) in [4.78, 5) is 26.9. The fraction of sp³-hybridized carbons (Fsp3) is 0.385. The monoisotopic (exact) mass is 449 g/mol. The van der Waals surface area contributed by atoms with Gasteiger partial charge in [-0.05, 0) is 43.0 Å². The van der Waals surface area contributed by atoms with E-state index in [4.69, 9.17) is 9.84 Å². The van der Waals surface area contributed by atoms with Gasteiger partial charge in [0.25, 0.3) is 11.8 Å². The first-order valence-electron chi connectivity index (χ1n) is 11.6. The molecule has 33 heavy (non-hydrogen) atoms. The van der Waals surface area contributed by atoms with Crippen LogP contribution in [0, 0.1) is 0 Å². The van der Waals surface area contributed by atoms with E-state index in [0.717, 1.165) is 42.3 Å². The minimum atomic E-state index is -0.169. The Kier molecular flexibility index (Phi) is 7.75. The maximum Gasteiger partial charge on any atom is 0.256 e. The fourth-order valence-electron chi connectivity index (χ4n) is 4.24. The van der Waals surface area contributed by atoms with Crippen LogP contribution >= 0.6 is 0 Å². The van der Waals surface area contributed by atoms with Gasteiger partial charge in [0, 0.05) is 48.8 Å². The molecule has 0 atom stereocenters. The molecule has 1 fully saturated rings. The number of rotatable bonds is 9. The number of aliphatic hydroxyl groups is 1. The number of unbranched alkanes of at least 4 members (excludes halogenated alkanes) is 1. The molecule has 2 amide bonds. The lowest BCUT2D eigenvalue weighted by atomic mass is 10.1. The normalized spacial score (nSPS) is 13.9. The van der Waals surface area contributed by atoms with Crippen LogP contribution in [0.1, 0.15) is 39.1 Å². The van der Waals surface area contributed by atoms with Crippen LogP contribution in [-0.4, -0.2) is 65.8 Å². The highest BCUT2D eigenvalue weighted by atomic mass is 16.5. The third kappa shape index (κ3) is 5.61. The Morgan fingerprint density at radius 3 is 2.52 bits per heavy atom. The van der Waals surface area contributed by atoms with Crippen molar-refractivity contribution in [1.29, 1.82) is 0 Å². The topological polar surface area (TPSA) is 83.8 Å². The van der Waals surface area contributed by atoms with Gasteiger partial charge in [-0.25, -0.2) is 0 Å². The minimum Gasteiger partial charge on any atom is -0.395 e. The lowest BCUT2D eigenvalue weighted by Crippen LogP contribution is -2.40. The largest absolute Gasteiger partial charge is 0.395 e. The Balaban J connectivity index is 1.35. The Morgan fingerprint density at radius 1 is 1.00 bits per heavy atom. The van der Waals surface area contributed by atoms with Crippen molar-refractivity contribution in [3.05, 3.63) is 71.4 Å². The number of carbonyl (C=O) groups excluding carboxylic acids is 2. The van der Waals surface area contributed by atoms with Crippen LogP contribution in [0.3, 0.4) is 0 Å². The van der Waals surface area contributed by atoms with Gasteiger partial charge in [0.1, 0.15) is 0 Å². The second kappa shape index (κ2) is 11.1. The lowest BCUT2D eigenvalue weighted by Gasteiger charge is -2.26. The molecule has 0 bridgehead atoms. The summed E-state index contributed by atoms with van der Waals surface area (Å²) in [5, 5.41) is 12.5. The number of aromatic nitrogens is 1. The molecule has 1 aromatic heterocycles. The zero-order valence-electron chi connectivity index (χ0n) is 18.8. The number of nitrogens with zero attached hydrogens (tertiary/aromatic N) is 2. The fourth-order valence-corrected chi connectivity index (χ4v) is 4.24. The number of amides is 2. The van der Waals surface area contributed by atoms with Crippen LogP contribution in [0.15, 0.2) is 54.7 Å². The molecule has 0 aliphatic carbocycles. The zero-order valence-corrected chi connectivity index (χ0v) is 18.8. The van der Waals surface area contributed by atoms with Gasteiger partial charge in [0.15, 0.2) is 0 Å². The van der Waals surface area contributed by atoms with E-state index < -0.39 is 0 Å². The molecule has 1 saturated heterocycles. The van der Waals surface area contributed by atoms with E-state index in [2.05, 4.69) is 16.0 Å². The third-order valence-electron chi connectivity index (χ3n) is 6.05. The first-order chi connectivity index (χ1) is 16.2. The molecule has 3 aromatic rings. The molecular weight excluding hydrogens is 418 g/mol. The number of morpholine rings is 1. The first-order valence-corrected chi connectivity index (χ1v) is 11.6. The van der Waals surface area contributed by atoms with Gasteiger partial charge in [-0.2, -0.15) is 0 Å². The molecule has 174 valence electrons. The highest BCUT2D eigenvalue weighted by Gasteiger charge is 2.22. The Labute approximate surface area is 194 Å². The van der Waals surface area contributed by atoms with Gasteiger partial charge >= 0.3 is 0 Å². The van der Waals surface area contributed by atoms with Crippen LogP contribution in [-0.2, 0) is 17.7 Å².